The molecular weight excluding hydrogens is 307 g/mol. The van der Waals surface area contributed by atoms with Gasteiger partial charge in [-0.05, 0) is 51.0 Å². The smallest absolute Gasteiger partial charge is 0.239 e. The summed E-state index contributed by atoms with van der Waals surface area (Å²) in [5, 5.41) is 5.28. The van der Waals surface area contributed by atoms with Crippen LogP contribution < -0.4 is 10.6 Å². The Morgan fingerprint density at radius 2 is 1.42 bits per heavy atom. The maximum absolute atomic E-state index is 13.7. The minimum atomic E-state index is -1.36. The highest BCUT2D eigenvalue weighted by molar-refractivity contribution is 6.14. The van der Waals surface area contributed by atoms with Crippen LogP contribution in [-0.4, -0.2) is 11.8 Å². The molecule has 0 unspecified atom stereocenters. The Labute approximate surface area is 141 Å². The molecule has 2 rings (SSSR count). The summed E-state index contributed by atoms with van der Waals surface area (Å²) in [6.45, 7) is 6.78. The molecule has 2 N–H and O–H groups in total. The normalized spacial score (nSPS) is 11.0. The molecule has 5 heteroatoms. The Kier molecular flexibility index (Phi) is 5.02. The number of para-hydroxylation sites is 2. The van der Waals surface area contributed by atoms with E-state index in [0.717, 1.165) is 11.1 Å². The molecule has 0 saturated heterocycles. The topological polar surface area (TPSA) is 58.2 Å². The van der Waals surface area contributed by atoms with Crippen molar-refractivity contribution in [2.24, 2.45) is 5.41 Å². The van der Waals surface area contributed by atoms with Gasteiger partial charge in [-0.25, -0.2) is 4.39 Å². The molecule has 0 aliphatic carbocycles. The molecule has 24 heavy (non-hydrogen) atoms. The largest absolute Gasteiger partial charge is 0.325 e. The van der Waals surface area contributed by atoms with E-state index in [4.69, 9.17) is 0 Å². The Balaban J connectivity index is 2.18. The summed E-state index contributed by atoms with van der Waals surface area (Å²) in [5.74, 6) is -1.57. The first-order chi connectivity index (χ1) is 11.2. The molecule has 0 atom stereocenters. The fourth-order valence-corrected chi connectivity index (χ4v) is 2.23. The standard InChI is InChI=1S/C19H21FN2O2/c1-12-8-7-9-13(2)16(12)22-18(24)19(3,4)17(23)21-15-11-6-5-10-14(15)20/h5-11H,1-4H3,(H,21,23)(H,22,24). The van der Waals surface area contributed by atoms with Gasteiger partial charge in [-0.15, -0.1) is 0 Å². The highest BCUT2D eigenvalue weighted by atomic mass is 19.1. The van der Waals surface area contributed by atoms with Crippen LogP contribution >= 0.6 is 0 Å². The van der Waals surface area contributed by atoms with Crippen molar-refractivity contribution in [1.82, 2.24) is 0 Å². The van der Waals surface area contributed by atoms with Crippen molar-refractivity contribution < 1.29 is 14.0 Å². The molecule has 0 aliphatic rings. The van der Waals surface area contributed by atoms with E-state index in [-0.39, 0.29) is 5.69 Å². The van der Waals surface area contributed by atoms with Crippen molar-refractivity contribution in [2.45, 2.75) is 27.7 Å². The van der Waals surface area contributed by atoms with E-state index in [1.807, 2.05) is 32.0 Å². The van der Waals surface area contributed by atoms with Gasteiger partial charge in [0.2, 0.25) is 11.8 Å². The number of halogens is 1. The van der Waals surface area contributed by atoms with E-state index in [9.17, 15) is 14.0 Å². The lowest BCUT2D eigenvalue weighted by Crippen LogP contribution is -2.42. The summed E-state index contributed by atoms with van der Waals surface area (Å²) in [4.78, 5) is 25.0. The first kappa shape index (κ1) is 17.7. The van der Waals surface area contributed by atoms with E-state index in [1.165, 1.54) is 32.0 Å². The molecule has 0 aliphatic heterocycles. The molecule has 2 amide bonds. The zero-order valence-corrected chi connectivity index (χ0v) is 14.2. The molecule has 0 heterocycles. The first-order valence-electron chi connectivity index (χ1n) is 7.67. The molecule has 2 aromatic rings. The minimum absolute atomic E-state index is 0.0513. The van der Waals surface area contributed by atoms with Crippen molar-refractivity contribution in [3.63, 3.8) is 0 Å². The summed E-state index contributed by atoms with van der Waals surface area (Å²) in [6, 6.07) is 11.5. The van der Waals surface area contributed by atoms with Crippen LogP contribution in [0.4, 0.5) is 15.8 Å². The lowest BCUT2D eigenvalue weighted by atomic mass is 9.90. The monoisotopic (exact) mass is 328 g/mol. The molecule has 0 aromatic heterocycles. The van der Waals surface area contributed by atoms with Crippen LogP contribution in [0.5, 0.6) is 0 Å². The van der Waals surface area contributed by atoms with Crippen LogP contribution in [0.15, 0.2) is 42.5 Å². The fraction of sp³-hybridized carbons (Fsp3) is 0.263. The third-order valence-corrected chi connectivity index (χ3v) is 3.98. The first-order valence-corrected chi connectivity index (χ1v) is 7.67. The second kappa shape index (κ2) is 6.83. The molecular formula is C19H21FN2O2. The van der Waals surface area contributed by atoms with Gasteiger partial charge in [0.05, 0.1) is 5.69 Å². The SMILES string of the molecule is Cc1cccc(C)c1NC(=O)C(C)(C)C(=O)Nc1ccccc1F. The van der Waals surface area contributed by atoms with Crippen molar-refractivity contribution in [3.05, 3.63) is 59.4 Å². The number of carbonyl (C=O) groups is 2. The van der Waals surface area contributed by atoms with Crippen LogP contribution in [0.1, 0.15) is 25.0 Å². The van der Waals surface area contributed by atoms with Gasteiger partial charge >= 0.3 is 0 Å². The Hall–Kier alpha value is -2.69. The van der Waals surface area contributed by atoms with E-state index in [2.05, 4.69) is 10.6 Å². The van der Waals surface area contributed by atoms with Crippen LogP contribution in [0, 0.1) is 25.1 Å². The molecule has 0 saturated carbocycles. The molecule has 0 spiro atoms. The van der Waals surface area contributed by atoms with E-state index < -0.39 is 23.0 Å². The number of hydrogen-bond acceptors (Lipinski definition) is 2. The number of aryl methyl sites for hydroxylation is 2. The number of rotatable bonds is 4. The quantitative estimate of drug-likeness (QED) is 0.832. The zero-order chi connectivity index (χ0) is 17.9. The maximum atomic E-state index is 13.7. The molecule has 0 bridgehead atoms. The highest BCUT2D eigenvalue weighted by Gasteiger charge is 2.36. The number of carbonyl (C=O) groups excluding carboxylic acids is 2. The van der Waals surface area contributed by atoms with Crippen molar-refractivity contribution in [3.8, 4) is 0 Å². The Morgan fingerprint density at radius 1 is 0.875 bits per heavy atom. The lowest BCUT2D eigenvalue weighted by molar-refractivity contribution is -0.135. The minimum Gasteiger partial charge on any atom is -0.325 e. The second-order valence-corrected chi connectivity index (χ2v) is 6.28. The molecule has 126 valence electrons. The number of benzene rings is 2. The van der Waals surface area contributed by atoms with Crippen molar-refractivity contribution >= 4 is 23.2 Å². The van der Waals surface area contributed by atoms with Crippen LogP contribution in [0.3, 0.4) is 0 Å². The average molecular weight is 328 g/mol. The van der Waals surface area contributed by atoms with Crippen molar-refractivity contribution in [2.75, 3.05) is 10.6 Å². The average Bonchev–Trinajstić information content (AvgIpc) is 2.53. The van der Waals surface area contributed by atoms with E-state index in [1.54, 1.807) is 6.07 Å². The van der Waals surface area contributed by atoms with Crippen LogP contribution in [-0.2, 0) is 9.59 Å². The van der Waals surface area contributed by atoms with Crippen molar-refractivity contribution in [1.29, 1.82) is 0 Å². The zero-order valence-electron chi connectivity index (χ0n) is 14.2. The van der Waals surface area contributed by atoms with Gasteiger partial charge in [0.25, 0.3) is 0 Å². The molecule has 4 nitrogen and oxygen atoms in total. The number of amides is 2. The molecule has 0 fully saturated rings. The van der Waals surface area contributed by atoms with E-state index in [0.29, 0.717) is 5.69 Å². The highest BCUT2D eigenvalue weighted by Crippen LogP contribution is 2.25. The summed E-state index contributed by atoms with van der Waals surface area (Å²) >= 11 is 0. The summed E-state index contributed by atoms with van der Waals surface area (Å²) in [7, 11) is 0. The van der Waals surface area contributed by atoms with Gasteiger partial charge in [-0.2, -0.15) is 0 Å². The molecule has 0 radical (unpaired) electrons. The Bertz CT molecular complexity index is 764. The second-order valence-electron chi connectivity index (χ2n) is 6.28. The third-order valence-electron chi connectivity index (χ3n) is 3.98. The maximum Gasteiger partial charge on any atom is 0.239 e. The predicted molar refractivity (Wildman–Crippen MR) is 93.4 cm³/mol. The summed E-state index contributed by atoms with van der Waals surface area (Å²) in [5.41, 5.74) is 1.20. The van der Waals surface area contributed by atoms with Gasteiger partial charge < -0.3 is 10.6 Å². The van der Waals surface area contributed by atoms with Gasteiger partial charge in [-0.1, -0.05) is 30.3 Å². The number of anilines is 2. The van der Waals surface area contributed by atoms with Gasteiger partial charge in [0, 0.05) is 5.69 Å². The van der Waals surface area contributed by atoms with E-state index >= 15 is 0 Å². The molecule has 2 aromatic carbocycles. The van der Waals surface area contributed by atoms with Crippen LogP contribution in [0.2, 0.25) is 0 Å². The van der Waals surface area contributed by atoms with Gasteiger partial charge in [0.15, 0.2) is 0 Å². The third kappa shape index (κ3) is 3.62. The van der Waals surface area contributed by atoms with Crippen LogP contribution in [0.25, 0.3) is 0 Å². The van der Waals surface area contributed by atoms with Gasteiger partial charge in [-0.3, -0.25) is 9.59 Å². The lowest BCUT2D eigenvalue weighted by Gasteiger charge is -2.24. The summed E-state index contributed by atoms with van der Waals surface area (Å²) in [6.07, 6.45) is 0. The summed E-state index contributed by atoms with van der Waals surface area (Å²) < 4.78 is 13.7. The number of hydrogen-bond donors (Lipinski definition) is 2. The Morgan fingerprint density at radius 3 is 2.00 bits per heavy atom. The predicted octanol–water partition coefficient (Wildman–Crippen LogP) is 4.05. The fourth-order valence-electron chi connectivity index (χ4n) is 2.23. The van der Waals surface area contributed by atoms with Gasteiger partial charge in [0.1, 0.15) is 11.2 Å². The number of nitrogens with one attached hydrogen (secondary N) is 2.